The van der Waals surface area contributed by atoms with E-state index >= 15 is 0 Å². The summed E-state index contributed by atoms with van der Waals surface area (Å²) in [7, 11) is -0.389. The molecule has 1 saturated heterocycles. The van der Waals surface area contributed by atoms with Crippen LogP contribution in [-0.2, 0) is 15.9 Å². The van der Waals surface area contributed by atoms with Crippen LogP contribution in [0.4, 0.5) is 0 Å². The standard InChI is InChI=1S/C19H21BCl2O3/c1-18(2)19(3,4)25-20(24-18)14-7-5-6-13(10-14)12-23-17-11-15(21)8-9-16(17)22/h5-11H,12H2,1-4H3. The van der Waals surface area contributed by atoms with Gasteiger partial charge in [0.05, 0.1) is 16.2 Å². The molecule has 1 fully saturated rings. The molecule has 0 bridgehead atoms. The number of hydrogen-bond donors (Lipinski definition) is 0. The summed E-state index contributed by atoms with van der Waals surface area (Å²) < 4.78 is 18.0. The molecule has 2 aromatic carbocycles. The van der Waals surface area contributed by atoms with E-state index in [0.717, 1.165) is 11.0 Å². The molecule has 25 heavy (non-hydrogen) atoms. The summed E-state index contributed by atoms with van der Waals surface area (Å²) in [6.45, 7) is 8.55. The number of halogens is 2. The average molecular weight is 379 g/mol. The maximum Gasteiger partial charge on any atom is 0.494 e. The Morgan fingerprint density at radius 2 is 1.64 bits per heavy atom. The van der Waals surface area contributed by atoms with Crippen LogP contribution < -0.4 is 10.2 Å². The van der Waals surface area contributed by atoms with Crippen LogP contribution in [0.1, 0.15) is 33.3 Å². The molecule has 0 aliphatic carbocycles. The first kappa shape index (κ1) is 18.6. The zero-order chi connectivity index (χ0) is 18.2. The molecule has 0 N–H and O–H groups in total. The molecule has 0 unspecified atom stereocenters. The first-order valence-corrected chi connectivity index (χ1v) is 8.96. The van der Waals surface area contributed by atoms with Gasteiger partial charge in [0.2, 0.25) is 0 Å². The van der Waals surface area contributed by atoms with Crippen LogP contribution in [0.3, 0.4) is 0 Å². The predicted octanol–water partition coefficient (Wildman–Crippen LogP) is 4.87. The first-order chi connectivity index (χ1) is 11.7. The van der Waals surface area contributed by atoms with Crippen molar-refractivity contribution in [3.63, 3.8) is 0 Å². The van der Waals surface area contributed by atoms with Crippen molar-refractivity contribution in [3.05, 3.63) is 58.1 Å². The Bertz CT molecular complexity index is 761. The molecular formula is C19H21BCl2O3. The molecule has 1 aliphatic rings. The second-order valence-corrected chi connectivity index (χ2v) is 8.04. The molecule has 0 saturated carbocycles. The molecule has 1 heterocycles. The maximum absolute atomic E-state index is 6.14. The molecule has 0 radical (unpaired) electrons. The summed E-state index contributed by atoms with van der Waals surface area (Å²) in [5.74, 6) is 0.565. The summed E-state index contributed by atoms with van der Waals surface area (Å²) in [4.78, 5) is 0. The van der Waals surface area contributed by atoms with Gasteiger partial charge in [0.15, 0.2) is 0 Å². The third-order valence-corrected chi connectivity index (χ3v) is 5.31. The van der Waals surface area contributed by atoms with Gasteiger partial charge in [-0.2, -0.15) is 0 Å². The van der Waals surface area contributed by atoms with Gasteiger partial charge in [-0.25, -0.2) is 0 Å². The van der Waals surface area contributed by atoms with Crippen LogP contribution >= 0.6 is 23.2 Å². The molecule has 0 aromatic heterocycles. The second kappa shape index (κ2) is 6.84. The topological polar surface area (TPSA) is 27.7 Å². The van der Waals surface area contributed by atoms with Gasteiger partial charge in [0.1, 0.15) is 12.4 Å². The van der Waals surface area contributed by atoms with Gasteiger partial charge in [-0.15, -0.1) is 0 Å². The van der Waals surface area contributed by atoms with Gasteiger partial charge < -0.3 is 14.0 Å². The molecule has 3 nitrogen and oxygen atoms in total. The Labute approximate surface area is 159 Å². The average Bonchev–Trinajstić information content (AvgIpc) is 2.77. The van der Waals surface area contributed by atoms with Crippen molar-refractivity contribution in [3.8, 4) is 5.75 Å². The fourth-order valence-electron chi connectivity index (χ4n) is 2.56. The van der Waals surface area contributed by atoms with E-state index in [2.05, 4.69) is 0 Å². The summed E-state index contributed by atoms with van der Waals surface area (Å²) >= 11 is 12.1. The monoisotopic (exact) mass is 378 g/mol. The Hall–Kier alpha value is -1.20. The van der Waals surface area contributed by atoms with Gasteiger partial charge in [0, 0.05) is 11.1 Å². The highest BCUT2D eigenvalue weighted by molar-refractivity contribution is 6.62. The summed E-state index contributed by atoms with van der Waals surface area (Å²) in [5.41, 5.74) is 1.25. The van der Waals surface area contributed by atoms with E-state index in [1.165, 1.54) is 0 Å². The van der Waals surface area contributed by atoms with Crippen molar-refractivity contribution in [1.29, 1.82) is 0 Å². The van der Waals surface area contributed by atoms with Crippen molar-refractivity contribution in [2.45, 2.75) is 45.5 Å². The third-order valence-electron chi connectivity index (χ3n) is 4.76. The van der Waals surface area contributed by atoms with Crippen LogP contribution in [0.25, 0.3) is 0 Å². The van der Waals surface area contributed by atoms with E-state index in [4.69, 9.17) is 37.2 Å². The molecule has 2 aromatic rings. The van der Waals surface area contributed by atoms with Crippen molar-refractivity contribution >= 4 is 35.8 Å². The van der Waals surface area contributed by atoms with E-state index in [-0.39, 0.29) is 18.3 Å². The van der Waals surface area contributed by atoms with Crippen molar-refractivity contribution in [1.82, 2.24) is 0 Å². The molecule has 3 rings (SSSR count). The Morgan fingerprint density at radius 1 is 0.960 bits per heavy atom. The van der Waals surface area contributed by atoms with Gasteiger partial charge in [0.25, 0.3) is 0 Å². The lowest BCUT2D eigenvalue weighted by Gasteiger charge is -2.32. The molecule has 0 amide bonds. The van der Waals surface area contributed by atoms with Crippen LogP contribution in [0.2, 0.25) is 10.0 Å². The van der Waals surface area contributed by atoms with Crippen molar-refractivity contribution in [2.75, 3.05) is 0 Å². The largest absolute Gasteiger partial charge is 0.494 e. The zero-order valence-corrected chi connectivity index (χ0v) is 16.3. The smallest absolute Gasteiger partial charge is 0.487 e. The number of rotatable bonds is 4. The fraction of sp³-hybridized carbons (Fsp3) is 0.368. The molecule has 0 atom stereocenters. The summed E-state index contributed by atoms with van der Waals surface area (Å²) in [6, 6.07) is 13.2. The number of hydrogen-bond acceptors (Lipinski definition) is 3. The maximum atomic E-state index is 6.14. The van der Waals surface area contributed by atoms with E-state index in [1.807, 2.05) is 52.0 Å². The van der Waals surface area contributed by atoms with Gasteiger partial charge in [-0.1, -0.05) is 47.5 Å². The van der Waals surface area contributed by atoms with Crippen LogP contribution in [-0.4, -0.2) is 18.3 Å². The highest BCUT2D eigenvalue weighted by Gasteiger charge is 2.51. The minimum atomic E-state index is -0.389. The minimum absolute atomic E-state index is 0.363. The quantitative estimate of drug-likeness (QED) is 0.710. The van der Waals surface area contributed by atoms with E-state index in [1.54, 1.807) is 18.2 Å². The van der Waals surface area contributed by atoms with E-state index in [0.29, 0.717) is 22.4 Å². The lowest BCUT2D eigenvalue weighted by Crippen LogP contribution is -2.41. The Balaban J connectivity index is 1.73. The fourth-order valence-corrected chi connectivity index (χ4v) is 2.89. The Morgan fingerprint density at radius 3 is 2.32 bits per heavy atom. The second-order valence-electron chi connectivity index (χ2n) is 7.20. The van der Waals surface area contributed by atoms with Gasteiger partial charge >= 0.3 is 7.12 Å². The third kappa shape index (κ3) is 3.98. The number of ether oxygens (including phenoxy) is 1. The molecule has 6 heteroatoms. The lowest BCUT2D eigenvalue weighted by atomic mass is 9.78. The molecule has 132 valence electrons. The summed E-state index contributed by atoms with van der Waals surface area (Å²) in [5, 5.41) is 1.12. The lowest BCUT2D eigenvalue weighted by molar-refractivity contribution is 0.00578. The highest BCUT2D eigenvalue weighted by Crippen LogP contribution is 2.36. The van der Waals surface area contributed by atoms with Crippen molar-refractivity contribution in [2.24, 2.45) is 0 Å². The predicted molar refractivity (Wildman–Crippen MR) is 103 cm³/mol. The number of benzene rings is 2. The first-order valence-electron chi connectivity index (χ1n) is 8.20. The van der Waals surface area contributed by atoms with E-state index in [9.17, 15) is 0 Å². The van der Waals surface area contributed by atoms with Crippen LogP contribution in [0.5, 0.6) is 5.75 Å². The van der Waals surface area contributed by atoms with Crippen LogP contribution in [0, 0.1) is 0 Å². The molecule has 1 aliphatic heterocycles. The molecular weight excluding hydrogens is 358 g/mol. The summed E-state index contributed by atoms with van der Waals surface area (Å²) in [6.07, 6.45) is 0. The SMILES string of the molecule is CC1(C)OB(c2cccc(COc3cc(Cl)ccc3Cl)c2)OC1(C)C. The van der Waals surface area contributed by atoms with Crippen molar-refractivity contribution < 1.29 is 14.0 Å². The molecule has 0 spiro atoms. The Kier molecular flexibility index (Phi) is 5.09. The van der Waals surface area contributed by atoms with Crippen LogP contribution in [0.15, 0.2) is 42.5 Å². The van der Waals surface area contributed by atoms with E-state index < -0.39 is 0 Å². The normalized spacial score (nSPS) is 18.4. The minimum Gasteiger partial charge on any atom is -0.487 e. The highest BCUT2D eigenvalue weighted by atomic mass is 35.5. The zero-order valence-electron chi connectivity index (χ0n) is 14.8. The van der Waals surface area contributed by atoms with Gasteiger partial charge in [-0.3, -0.25) is 0 Å². The van der Waals surface area contributed by atoms with Gasteiger partial charge in [-0.05, 0) is 50.9 Å².